The van der Waals surface area contributed by atoms with Crippen molar-refractivity contribution in [1.29, 1.82) is 0 Å². The van der Waals surface area contributed by atoms with Crippen molar-refractivity contribution in [3.63, 3.8) is 0 Å². The molecule has 0 N–H and O–H groups in total. The highest BCUT2D eigenvalue weighted by Gasteiger charge is 2.15. The minimum atomic E-state index is 0.180. The van der Waals surface area contributed by atoms with E-state index >= 15 is 0 Å². The highest BCUT2D eigenvalue weighted by Crippen LogP contribution is 2.34. The molecule has 39 heavy (non-hydrogen) atoms. The predicted molar refractivity (Wildman–Crippen MR) is 167 cm³/mol. The first-order valence-corrected chi connectivity index (χ1v) is 15.9. The van der Waals surface area contributed by atoms with Gasteiger partial charge in [0.15, 0.2) is 11.6 Å². The number of hydrogen-bond acceptors (Lipinski definition) is 3. The van der Waals surface area contributed by atoms with Gasteiger partial charge in [0.25, 0.3) is 0 Å². The van der Waals surface area contributed by atoms with Crippen LogP contribution in [0, 0.1) is 0 Å². The Morgan fingerprint density at radius 2 is 1.23 bits per heavy atom. The molecule has 3 nitrogen and oxygen atoms in total. The van der Waals surface area contributed by atoms with Gasteiger partial charge in [0.05, 0.1) is 18.5 Å². The normalized spacial score (nSPS) is 12.0. The number of hydrogen-bond donors (Lipinski definition) is 0. The van der Waals surface area contributed by atoms with Crippen LogP contribution in [0.5, 0.6) is 5.75 Å². The lowest BCUT2D eigenvalue weighted by Gasteiger charge is -2.16. The fourth-order valence-corrected chi connectivity index (χ4v) is 5.39. The molecule has 0 aliphatic rings. The lowest BCUT2D eigenvalue weighted by Crippen LogP contribution is -2.12. The first-order valence-electron chi connectivity index (χ1n) is 15.9. The number of benzene rings is 2. The molecule has 0 aliphatic heterocycles. The van der Waals surface area contributed by atoms with Crippen molar-refractivity contribution >= 4 is 0 Å². The van der Waals surface area contributed by atoms with Gasteiger partial charge in [0.2, 0.25) is 0 Å². The zero-order valence-corrected chi connectivity index (χ0v) is 25.0. The molecule has 2 aromatic carbocycles. The van der Waals surface area contributed by atoms with Gasteiger partial charge in [0.1, 0.15) is 0 Å². The number of aryl methyl sites for hydroxylation is 1. The van der Waals surface area contributed by atoms with Crippen LogP contribution in [-0.2, 0) is 6.42 Å². The number of aromatic nitrogens is 2. The number of rotatable bonds is 20. The summed E-state index contributed by atoms with van der Waals surface area (Å²) in [7, 11) is 0. The summed E-state index contributed by atoms with van der Waals surface area (Å²) in [6, 6.07) is 17.3. The third kappa shape index (κ3) is 11.1. The predicted octanol–water partition coefficient (Wildman–Crippen LogP) is 11.0. The van der Waals surface area contributed by atoms with E-state index in [9.17, 15) is 0 Å². The maximum Gasteiger partial charge on any atom is 0.160 e. The summed E-state index contributed by atoms with van der Waals surface area (Å²) in [5.74, 6) is 1.56. The molecular weight excluding hydrogens is 476 g/mol. The zero-order chi connectivity index (χ0) is 27.5. The fraction of sp³-hybridized carbons (Fsp3) is 0.556. The summed E-state index contributed by atoms with van der Waals surface area (Å²) in [4.78, 5) is 9.66. The molecule has 3 rings (SSSR count). The third-order valence-corrected chi connectivity index (χ3v) is 7.69. The fourth-order valence-electron chi connectivity index (χ4n) is 5.39. The lowest BCUT2D eigenvalue weighted by atomic mass is 9.92. The van der Waals surface area contributed by atoms with Crippen molar-refractivity contribution in [2.24, 2.45) is 0 Å². The second kappa shape index (κ2) is 18.6. The summed E-state index contributed by atoms with van der Waals surface area (Å²) in [5.41, 5.74) is 4.92. The van der Waals surface area contributed by atoms with Crippen molar-refractivity contribution in [3.8, 4) is 28.3 Å². The van der Waals surface area contributed by atoms with Gasteiger partial charge >= 0.3 is 0 Å². The Hall–Kier alpha value is -2.68. The maximum atomic E-state index is 6.19. The summed E-state index contributed by atoms with van der Waals surface area (Å²) in [5, 5.41) is 0. The Bertz CT molecular complexity index is 1030. The summed E-state index contributed by atoms with van der Waals surface area (Å²) in [6.07, 6.45) is 24.5. The molecule has 0 bridgehead atoms. The second-order valence-corrected chi connectivity index (χ2v) is 11.2. The van der Waals surface area contributed by atoms with E-state index in [1.54, 1.807) is 0 Å². The molecule has 0 saturated heterocycles. The van der Waals surface area contributed by atoms with E-state index in [-0.39, 0.29) is 6.10 Å². The molecule has 0 radical (unpaired) electrons. The molecule has 1 atom stereocenters. The van der Waals surface area contributed by atoms with E-state index in [1.165, 1.54) is 107 Å². The first kappa shape index (κ1) is 30.9. The number of unbranched alkanes of at least 4 members (excludes halogenated alkanes) is 12. The van der Waals surface area contributed by atoms with Crippen molar-refractivity contribution in [2.45, 2.75) is 130 Å². The quantitative estimate of drug-likeness (QED) is 0.137. The SMILES string of the molecule is CCCCCCCCCc1cccc(-c2ccccc2)c1-c1ncc(O[C@@H](C)CCCCCCCCC)cn1. The molecule has 212 valence electrons. The van der Waals surface area contributed by atoms with Gasteiger partial charge in [-0.25, -0.2) is 9.97 Å². The van der Waals surface area contributed by atoms with Crippen LogP contribution in [-0.4, -0.2) is 16.1 Å². The molecule has 0 aliphatic carbocycles. The minimum absolute atomic E-state index is 0.180. The second-order valence-electron chi connectivity index (χ2n) is 11.2. The Labute approximate surface area is 238 Å². The number of nitrogens with zero attached hydrogens (tertiary/aromatic N) is 2. The van der Waals surface area contributed by atoms with E-state index in [4.69, 9.17) is 14.7 Å². The van der Waals surface area contributed by atoms with Crippen LogP contribution in [0.2, 0.25) is 0 Å². The molecule has 0 spiro atoms. The molecule has 0 saturated carbocycles. The standard InChI is InChI=1S/C36H52N2O/c1-4-6-8-10-12-14-17-22-30(3)39-33-28-37-36(38-29-33)35-32(25-18-15-13-11-9-7-5-2)26-21-27-34(35)31-23-19-16-20-24-31/h16,19-21,23-24,26-30H,4-15,17-18,22,25H2,1-3H3/t30-/m0/s1. The Kier molecular flexibility index (Phi) is 14.7. The monoisotopic (exact) mass is 528 g/mol. The third-order valence-electron chi connectivity index (χ3n) is 7.69. The molecule has 1 aromatic heterocycles. The minimum Gasteiger partial charge on any atom is -0.487 e. The van der Waals surface area contributed by atoms with Crippen LogP contribution < -0.4 is 4.74 Å². The van der Waals surface area contributed by atoms with Crippen LogP contribution in [0.3, 0.4) is 0 Å². The average Bonchev–Trinajstić information content (AvgIpc) is 2.97. The van der Waals surface area contributed by atoms with Gasteiger partial charge < -0.3 is 4.74 Å². The summed E-state index contributed by atoms with van der Waals surface area (Å²) in [6.45, 7) is 6.71. The highest BCUT2D eigenvalue weighted by molar-refractivity contribution is 5.82. The average molecular weight is 529 g/mol. The van der Waals surface area contributed by atoms with E-state index in [0.29, 0.717) is 0 Å². The van der Waals surface area contributed by atoms with Crippen LogP contribution in [0.1, 0.15) is 123 Å². The van der Waals surface area contributed by atoms with Gasteiger partial charge in [-0.2, -0.15) is 0 Å². The summed E-state index contributed by atoms with van der Waals surface area (Å²) < 4.78 is 6.19. The Morgan fingerprint density at radius 3 is 1.87 bits per heavy atom. The van der Waals surface area contributed by atoms with Crippen LogP contribution in [0.4, 0.5) is 0 Å². The largest absolute Gasteiger partial charge is 0.487 e. The molecule has 0 fully saturated rings. The van der Waals surface area contributed by atoms with E-state index in [0.717, 1.165) is 30.0 Å². The maximum absolute atomic E-state index is 6.19. The van der Waals surface area contributed by atoms with Crippen LogP contribution in [0.15, 0.2) is 60.9 Å². The first-order chi connectivity index (χ1) is 19.2. The van der Waals surface area contributed by atoms with Crippen molar-refractivity contribution in [2.75, 3.05) is 0 Å². The lowest BCUT2D eigenvalue weighted by molar-refractivity contribution is 0.204. The van der Waals surface area contributed by atoms with E-state index in [1.807, 2.05) is 12.4 Å². The van der Waals surface area contributed by atoms with E-state index < -0.39 is 0 Å². The molecule has 3 heteroatoms. The van der Waals surface area contributed by atoms with E-state index in [2.05, 4.69) is 69.3 Å². The van der Waals surface area contributed by atoms with Crippen molar-refractivity contribution in [3.05, 3.63) is 66.5 Å². The van der Waals surface area contributed by atoms with Crippen molar-refractivity contribution in [1.82, 2.24) is 9.97 Å². The van der Waals surface area contributed by atoms with Gasteiger partial charge in [-0.3, -0.25) is 0 Å². The molecule has 0 amide bonds. The Balaban J connectivity index is 1.64. The van der Waals surface area contributed by atoms with Gasteiger partial charge in [-0.05, 0) is 49.3 Å². The van der Waals surface area contributed by atoms with Crippen LogP contribution in [0.25, 0.3) is 22.5 Å². The van der Waals surface area contributed by atoms with Crippen LogP contribution >= 0.6 is 0 Å². The highest BCUT2D eigenvalue weighted by atomic mass is 16.5. The molecular formula is C36H52N2O. The Morgan fingerprint density at radius 1 is 0.641 bits per heavy atom. The topological polar surface area (TPSA) is 35.0 Å². The molecule has 0 unspecified atom stereocenters. The smallest absolute Gasteiger partial charge is 0.160 e. The van der Waals surface area contributed by atoms with Gasteiger partial charge in [-0.1, -0.05) is 139 Å². The summed E-state index contributed by atoms with van der Waals surface area (Å²) >= 11 is 0. The van der Waals surface area contributed by atoms with Crippen molar-refractivity contribution < 1.29 is 4.74 Å². The number of ether oxygens (including phenoxy) is 1. The zero-order valence-electron chi connectivity index (χ0n) is 25.0. The molecule has 1 heterocycles. The molecule has 3 aromatic rings. The van der Waals surface area contributed by atoms with Gasteiger partial charge in [0, 0.05) is 5.56 Å². The van der Waals surface area contributed by atoms with Gasteiger partial charge in [-0.15, -0.1) is 0 Å².